The number of aliphatic hydroxyl groups excluding tert-OH is 1. The van der Waals surface area contributed by atoms with Gasteiger partial charge in [0.1, 0.15) is 29.9 Å². The molecule has 1 atom stereocenters. The van der Waals surface area contributed by atoms with Crippen LogP contribution in [0.5, 0.6) is 5.75 Å². The Bertz CT molecular complexity index is 1160. The quantitative estimate of drug-likeness (QED) is 0.316. The molecule has 4 rings (SSSR count). The zero-order valence-electron chi connectivity index (χ0n) is 18.5. The van der Waals surface area contributed by atoms with Gasteiger partial charge < -0.3 is 23.9 Å². The van der Waals surface area contributed by atoms with Crippen molar-refractivity contribution in [1.82, 2.24) is 4.90 Å². The maximum absolute atomic E-state index is 12.8. The minimum absolute atomic E-state index is 0.0144. The molecule has 0 radical (unpaired) electrons. The number of carbonyl (C=O) groups is 2. The number of Topliss-reactive ketones (excluding diaryl/α,β-unsaturated/α-hetero) is 1. The number of benzene rings is 2. The van der Waals surface area contributed by atoms with E-state index in [1.54, 1.807) is 36.4 Å². The van der Waals surface area contributed by atoms with Gasteiger partial charge in [0.2, 0.25) is 0 Å². The molecule has 2 heterocycles. The highest BCUT2D eigenvalue weighted by molar-refractivity contribution is 6.46. The lowest BCUT2D eigenvalue weighted by atomic mass is 9.99. The highest BCUT2D eigenvalue weighted by atomic mass is 16.5. The number of rotatable bonds is 8. The number of nitrogens with zero attached hydrogens (tertiary/aromatic N) is 1. The van der Waals surface area contributed by atoms with Crippen molar-refractivity contribution in [2.75, 3.05) is 20.3 Å². The van der Waals surface area contributed by atoms with Gasteiger partial charge in [-0.15, -0.1) is 0 Å². The van der Waals surface area contributed by atoms with Gasteiger partial charge >= 0.3 is 0 Å². The van der Waals surface area contributed by atoms with E-state index in [1.807, 2.05) is 25.1 Å². The van der Waals surface area contributed by atoms with Crippen LogP contribution in [0.25, 0.3) is 5.76 Å². The average molecular weight is 447 g/mol. The second-order valence-electron chi connectivity index (χ2n) is 7.80. The van der Waals surface area contributed by atoms with Crippen LogP contribution in [0.4, 0.5) is 0 Å². The van der Waals surface area contributed by atoms with Crippen LogP contribution in [0.1, 0.15) is 28.5 Å². The highest BCUT2D eigenvalue weighted by Crippen LogP contribution is 2.39. The summed E-state index contributed by atoms with van der Waals surface area (Å²) in [5, 5.41) is 11.0. The molecule has 170 valence electrons. The van der Waals surface area contributed by atoms with Crippen molar-refractivity contribution in [1.29, 1.82) is 0 Å². The van der Waals surface area contributed by atoms with Gasteiger partial charge in [-0.3, -0.25) is 9.59 Å². The Morgan fingerprint density at radius 2 is 1.88 bits per heavy atom. The van der Waals surface area contributed by atoms with E-state index >= 15 is 0 Å². The number of likely N-dealkylation sites (tertiary alicyclic amines) is 1. The molecule has 1 amide bonds. The van der Waals surface area contributed by atoms with Gasteiger partial charge in [0.15, 0.2) is 0 Å². The Morgan fingerprint density at radius 1 is 1.09 bits per heavy atom. The van der Waals surface area contributed by atoms with E-state index in [0.717, 1.165) is 11.1 Å². The van der Waals surface area contributed by atoms with Crippen LogP contribution in [0.2, 0.25) is 0 Å². The second kappa shape index (κ2) is 9.75. The summed E-state index contributed by atoms with van der Waals surface area (Å²) < 4.78 is 16.4. The first-order valence-corrected chi connectivity index (χ1v) is 10.6. The standard InChI is InChI=1S/C26H25NO6/c1-17-5-3-6-18(15-17)16-33-20-10-8-19(9-11-20)24(28)22-23(21-7-4-13-32-21)27(12-14-31-2)26(30)25(22)29/h3-11,13,15,23,28H,12,14,16H2,1-2H3/t23-/m0/s1. The van der Waals surface area contributed by atoms with E-state index in [-0.39, 0.29) is 24.5 Å². The number of carbonyl (C=O) groups excluding carboxylic acids is 2. The van der Waals surface area contributed by atoms with E-state index in [4.69, 9.17) is 13.9 Å². The van der Waals surface area contributed by atoms with Crippen molar-refractivity contribution < 1.29 is 28.6 Å². The Morgan fingerprint density at radius 3 is 2.55 bits per heavy atom. The zero-order valence-corrected chi connectivity index (χ0v) is 18.5. The molecule has 1 fully saturated rings. The number of furan rings is 1. The number of amides is 1. The minimum atomic E-state index is -0.826. The van der Waals surface area contributed by atoms with Gasteiger partial charge in [0.25, 0.3) is 11.7 Å². The van der Waals surface area contributed by atoms with E-state index < -0.39 is 17.7 Å². The van der Waals surface area contributed by atoms with Gasteiger partial charge in [-0.2, -0.15) is 0 Å². The van der Waals surface area contributed by atoms with Crippen molar-refractivity contribution in [3.8, 4) is 5.75 Å². The van der Waals surface area contributed by atoms with Crippen molar-refractivity contribution in [2.45, 2.75) is 19.6 Å². The minimum Gasteiger partial charge on any atom is -0.507 e. The van der Waals surface area contributed by atoms with E-state index in [9.17, 15) is 14.7 Å². The molecular weight excluding hydrogens is 422 g/mol. The molecular formula is C26H25NO6. The second-order valence-corrected chi connectivity index (χ2v) is 7.80. The van der Waals surface area contributed by atoms with Crippen LogP contribution in [0.3, 0.4) is 0 Å². The molecule has 1 saturated heterocycles. The van der Waals surface area contributed by atoms with Gasteiger partial charge in [-0.25, -0.2) is 0 Å². The molecule has 0 aliphatic carbocycles. The smallest absolute Gasteiger partial charge is 0.295 e. The Kier molecular flexibility index (Phi) is 6.60. The predicted molar refractivity (Wildman–Crippen MR) is 122 cm³/mol. The number of methoxy groups -OCH3 is 1. The fraction of sp³-hybridized carbons (Fsp3) is 0.231. The summed E-state index contributed by atoms with van der Waals surface area (Å²) in [5.41, 5.74) is 2.60. The number of ether oxygens (including phenoxy) is 2. The molecule has 7 heteroatoms. The molecule has 33 heavy (non-hydrogen) atoms. The van der Waals surface area contributed by atoms with Crippen LogP contribution in [0, 0.1) is 6.92 Å². The fourth-order valence-corrected chi connectivity index (χ4v) is 3.88. The van der Waals surface area contributed by atoms with Crippen LogP contribution < -0.4 is 4.74 Å². The molecule has 3 aromatic rings. The van der Waals surface area contributed by atoms with Crippen molar-refractivity contribution >= 4 is 17.4 Å². The topological polar surface area (TPSA) is 89.2 Å². The summed E-state index contributed by atoms with van der Waals surface area (Å²) in [7, 11) is 1.51. The summed E-state index contributed by atoms with van der Waals surface area (Å²) in [6, 6.07) is 17.3. The number of ketones is 1. The normalized spacial score (nSPS) is 17.5. The fourth-order valence-electron chi connectivity index (χ4n) is 3.88. The summed E-state index contributed by atoms with van der Waals surface area (Å²) in [6.45, 7) is 2.87. The molecule has 0 saturated carbocycles. The molecule has 0 unspecified atom stereocenters. The highest BCUT2D eigenvalue weighted by Gasteiger charge is 2.47. The maximum Gasteiger partial charge on any atom is 0.295 e. The van der Waals surface area contributed by atoms with Crippen LogP contribution in [-0.2, 0) is 20.9 Å². The largest absolute Gasteiger partial charge is 0.507 e. The third-order valence-electron chi connectivity index (χ3n) is 5.50. The lowest BCUT2D eigenvalue weighted by Crippen LogP contribution is -2.32. The van der Waals surface area contributed by atoms with Gasteiger partial charge in [-0.1, -0.05) is 29.8 Å². The summed E-state index contributed by atoms with van der Waals surface area (Å²) in [6.07, 6.45) is 1.46. The Hall–Kier alpha value is -3.84. The predicted octanol–water partition coefficient (Wildman–Crippen LogP) is 4.24. The number of hydrogen-bond donors (Lipinski definition) is 1. The maximum atomic E-state index is 12.8. The first kappa shape index (κ1) is 22.4. The van der Waals surface area contributed by atoms with Gasteiger partial charge in [0.05, 0.1) is 18.4 Å². The zero-order chi connectivity index (χ0) is 23.4. The summed E-state index contributed by atoms with van der Waals surface area (Å²) in [5.74, 6) is -0.709. The lowest BCUT2D eigenvalue weighted by Gasteiger charge is -2.22. The molecule has 1 aliphatic heterocycles. The summed E-state index contributed by atoms with van der Waals surface area (Å²) in [4.78, 5) is 26.9. The molecule has 1 N–H and O–H groups in total. The number of hydrogen-bond acceptors (Lipinski definition) is 6. The number of aryl methyl sites for hydroxylation is 1. The molecule has 1 aromatic heterocycles. The number of aliphatic hydroxyl groups is 1. The van der Waals surface area contributed by atoms with E-state index in [1.165, 1.54) is 18.3 Å². The Balaban J connectivity index is 1.60. The molecule has 2 aromatic carbocycles. The average Bonchev–Trinajstić information content (AvgIpc) is 3.43. The molecule has 0 bridgehead atoms. The van der Waals surface area contributed by atoms with Crippen LogP contribution in [0.15, 0.2) is 76.9 Å². The molecule has 0 spiro atoms. The SMILES string of the molecule is COCCN1C(=O)C(=O)C(=C(O)c2ccc(OCc3cccc(C)c3)cc2)[C@@H]1c1ccco1. The first-order chi connectivity index (χ1) is 16.0. The third kappa shape index (κ3) is 4.68. The van der Waals surface area contributed by atoms with Crippen molar-refractivity contribution in [3.63, 3.8) is 0 Å². The van der Waals surface area contributed by atoms with Crippen molar-refractivity contribution in [2.24, 2.45) is 0 Å². The van der Waals surface area contributed by atoms with Crippen LogP contribution >= 0.6 is 0 Å². The monoisotopic (exact) mass is 447 g/mol. The van der Waals surface area contributed by atoms with Crippen molar-refractivity contribution in [3.05, 3.63) is 95.0 Å². The molecule has 1 aliphatic rings. The lowest BCUT2D eigenvalue weighted by molar-refractivity contribution is -0.140. The Labute approximate surface area is 191 Å². The van der Waals surface area contributed by atoms with Gasteiger partial charge in [-0.05, 0) is 48.9 Å². The molecule has 7 nitrogen and oxygen atoms in total. The first-order valence-electron chi connectivity index (χ1n) is 10.6. The van der Waals surface area contributed by atoms with E-state index in [2.05, 4.69) is 6.07 Å². The third-order valence-corrected chi connectivity index (χ3v) is 5.50. The summed E-state index contributed by atoms with van der Waals surface area (Å²) >= 11 is 0. The van der Waals surface area contributed by atoms with Crippen LogP contribution in [-0.4, -0.2) is 42.0 Å². The van der Waals surface area contributed by atoms with Gasteiger partial charge in [0, 0.05) is 19.2 Å². The van der Waals surface area contributed by atoms with E-state index in [0.29, 0.717) is 23.7 Å².